The number of nitrogens with zero attached hydrogens (tertiary/aromatic N) is 1. The highest BCUT2D eigenvalue weighted by atomic mass is 32.2. The summed E-state index contributed by atoms with van der Waals surface area (Å²) >= 11 is 0. The van der Waals surface area contributed by atoms with Crippen molar-refractivity contribution in [3.63, 3.8) is 0 Å². The van der Waals surface area contributed by atoms with Gasteiger partial charge >= 0.3 is 0 Å². The van der Waals surface area contributed by atoms with Crippen molar-refractivity contribution in [2.45, 2.75) is 39.8 Å². The van der Waals surface area contributed by atoms with Crippen LogP contribution in [0.1, 0.15) is 43.5 Å². The maximum absolute atomic E-state index is 11.7. The molecule has 2 rings (SSSR count). The lowest BCUT2D eigenvalue weighted by atomic mass is 9.82. The lowest BCUT2D eigenvalue weighted by Crippen LogP contribution is -2.35. The first kappa shape index (κ1) is 15.5. The van der Waals surface area contributed by atoms with E-state index >= 15 is 0 Å². The number of rotatable bonds is 2. The van der Waals surface area contributed by atoms with E-state index in [0.29, 0.717) is 13.1 Å². The van der Waals surface area contributed by atoms with Crippen LogP contribution in [0.15, 0.2) is 18.2 Å². The summed E-state index contributed by atoms with van der Waals surface area (Å²) in [6.07, 6.45) is 2.04. The Morgan fingerprint density at radius 2 is 1.90 bits per heavy atom. The van der Waals surface area contributed by atoms with E-state index in [1.54, 1.807) is 0 Å². The maximum Gasteiger partial charge on any atom is 0.211 e. The van der Waals surface area contributed by atoms with E-state index < -0.39 is 10.0 Å². The van der Waals surface area contributed by atoms with Crippen molar-refractivity contribution < 1.29 is 8.42 Å². The highest BCUT2D eigenvalue weighted by molar-refractivity contribution is 7.88. The average Bonchev–Trinajstić information content (AvgIpc) is 2.34. The summed E-state index contributed by atoms with van der Waals surface area (Å²) in [7, 11) is -3.13. The zero-order valence-corrected chi connectivity index (χ0v) is 13.5. The highest BCUT2D eigenvalue weighted by Crippen LogP contribution is 2.32. The summed E-state index contributed by atoms with van der Waals surface area (Å²) in [5.41, 5.74) is 9.67. The lowest BCUT2D eigenvalue weighted by Gasteiger charge is -2.30. The summed E-state index contributed by atoms with van der Waals surface area (Å²) in [6, 6.07) is 6.19. The van der Waals surface area contributed by atoms with Gasteiger partial charge in [-0.15, -0.1) is 0 Å². The van der Waals surface area contributed by atoms with Gasteiger partial charge in [0.05, 0.1) is 6.26 Å². The van der Waals surface area contributed by atoms with Gasteiger partial charge in [-0.1, -0.05) is 39.0 Å². The summed E-state index contributed by atoms with van der Waals surface area (Å²) in [5.74, 6) is 0. The van der Waals surface area contributed by atoms with Crippen LogP contribution in [-0.4, -0.2) is 25.5 Å². The van der Waals surface area contributed by atoms with Gasteiger partial charge in [0, 0.05) is 19.1 Å². The summed E-state index contributed by atoms with van der Waals surface area (Å²) < 4.78 is 24.9. The predicted molar refractivity (Wildman–Crippen MR) is 81.8 cm³/mol. The van der Waals surface area contributed by atoms with Gasteiger partial charge in [0.1, 0.15) is 0 Å². The Morgan fingerprint density at radius 1 is 1.25 bits per heavy atom. The molecule has 4 nitrogen and oxygen atoms in total. The van der Waals surface area contributed by atoms with Gasteiger partial charge in [0.2, 0.25) is 10.0 Å². The molecule has 1 aliphatic heterocycles. The van der Waals surface area contributed by atoms with Crippen LogP contribution in [0.3, 0.4) is 0 Å². The normalized spacial score (nSPS) is 18.6. The number of benzene rings is 1. The molecule has 1 aromatic rings. The fraction of sp³-hybridized carbons (Fsp3) is 0.600. The van der Waals surface area contributed by atoms with Gasteiger partial charge in [-0.2, -0.15) is 4.31 Å². The van der Waals surface area contributed by atoms with E-state index in [4.69, 9.17) is 5.73 Å². The third kappa shape index (κ3) is 3.22. The van der Waals surface area contributed by atoms with E-state index in [1.165, 1.54) is 16.1 Å². The highest BCUT2D eigenvalue weighted by Gasteiger charge is 2.26. The molecule has 0 radical (unpaired) electrons. The molecular weight excluding hydrogens is 272 g/mol. The van der Waals surface area contributed by atoms with Gasteiger partial charge in [-0.3, -0.25) is 0 Å². The van der Waals surface area contributed by atoms with Gasteiger partial charge < -0.3 is 5.73 Å². The van der Waals surface area contributed by atoms with Crippen molar-refractivity contribution in [2.75, 3.05) is 12.8 Å². The van der Waals surface area contributed by atoms with E-state index in [2.05, 4.69) is 39.0 Å². The van der Waals surface area contributed by atoms with Crippen LogP contribution in [0.2, 0.25) is 0 Å². The van der Waals surface area contributed by atoms with Crippen LogP contribution in [0, 0.1) is 5.41 Å². The first-order valence-electron chi connectivity index (χ1n) is 6.91. The number of nitrogens with two attached hydrogens (primary N) is 1. The molecule has 0 fully saturated rings. The number of fused-ring (bicyclic) bond motifs is 1. The third-order valence-electron chi connectivity index (χ3n) is 3.97. The van der Waals surface area contributed by atoms with Crippen molar-refractivity contribution in [1.29, 1.82) is 0 Å². The van der Waals surface area contributed by atoms with Crippen LogP contribution in [0.5, 0.6) is 0 Å². The number of hydrogen-bond donors (Lipinski definition) is 1. The molecule has 0 aliphatic carbocycles. The molecule has 0 bridgehead atoms. The molecule has 1 heterocycles. The Hall–Kier alpha value is -0.910. The monoisotopic (exact) mass is 296 g/mol. The van der Waals surface area contributed by atoms with Crippen molar-refractivity contribution >= 4 is 10.0 Å². The first-order chi connectivity index (χ1) is 9.09. The molecule has 1 atom stereocenters. The van der Waals surface area contributed by atoms with Crippen molar-refractivity contribution in [1.82, 2.24) is 4.31 Å². The molecule has 112 valence electrons. The van der Waals surface area contributed by atoms with Crippen LogP contribution in [-0.2, 0) is 23.0 Å². The Bertz CT molecular complexity index is 603. The van der Waals surface area contributed by atoms with Crippen LogP contribution < -0.4 is 5.73 Å². The van der Waals surface area contributed by atoms with Gasteiger partial charge in [0.25, 0.3) is 0 Å². The third-order valence-corrected chi connectivity index (χ3v) is 5.22. The molecule has 0 aromatic heterocycles. The van der Waals surface area contributed by atoms with Gasteiger partial charge in [0.15, 0.2) is 0 Å². The SMILES string of the molecule is CC(C)(C)C(N)c1ccc2c(c1)CN(S(C)(=O)=O)CC2. The second-order valence-corrected chi connectivity index (χ2v) is 8.70. The Kier molecular flexibility index (Phi) is 3.97. The molecular formula is C15H24N2O2S. The average molecular weight is 296 g/mol. The quantitative estimate of drug-likeness (QED) is 0.908. The summed E-state index contributed by atoms with van der Waals surface area (Å²) in [6.45, 7) is 7.36. The standard InChI is InChI=1S/C15H24N2O2S/c1-15(2,3)14(16)12-6-5-11-7-8-17(20(4,18)19)10-13(11)9-12/h5-6,9,14H,7-8,10,16H2,1-4H3. The van der Waals surface area contributed by atoms with Crippen LogP contribution in [0.4, 0.5) is 0 Å². The number of sulfonamides is 1. The fourth-order valence-corrected chi connectivity index (χ4v) is 3.32. The predicted octanol–water partition coefficient (Wildman–Crippen LogP) is 2.05. The zero-order chi connectivity index (χ0) is 15.1. The first-order valence-corrected chi connectivity index (χ1v) is 8.76. The smallest absolute Gasteiger partial charge is 0.211 e. The van der Waals surface area contributed by atoms with E-state index in [0.717, 1.165) is 17.5 Å². The van der Waals surface area contributed by atoms with E-state index in [1.807, 2.05) is 0 Å². The van der Waals surface area contributed by atoms with Crippen molar-refractivity contribution in [3.05, 3.63) is 34.9 Å². The Labute approximate surface area is 122 Å². The second kappa shape index (κ2) is 5.13. The molecule has 0 spiro atoms. The minimum absolute atomic E-state index is 0.0145. The topological polar surface area (TPSA) is 63.4 Å². The van der Waals surface area contributed by atoms with Crippen molar-refractivity contribution in [3.8, 4) is 0 Å². The molecule has 1 aromatic carbocycles. The largest absolute Gasteiger partial charge is 0.324 e. The molecule has 1 aliphatic rings. The maximum atomic E-state index is 11.7. The molecule has 2 N–H and O–H groups in total. The fourth-order valence-electron chi connectivity index (χ4n) is 2.53. The van der Waals surface area contributed by atoms with E-state index in [9.17, 15) is 8.42 Å². The van der Waals surface area contributed by atoms with Gasteiger partial charge in [-0.05, 0) is 28.5 Å². The molecule has 1 unspecified atom stereocenters. The minimum Gasteiger partial charge on any atom is -0.324 e. The summed E-state index contributed by atoms with van der Waals surface area (Å²) in [4.78, 5) is 0. The second-order valence-electron chi connectivity index (χ2n) is 6.72. The van der Waals surface area contributed by atoms with Gasteiger partial charge in [-0.25, -0.2) is 8.42 Å². The Morgan fingerprint density at radius 3 is 2.45 bits per heavy atom. The van der Waals surface area contributed by atoms with Crippen LogP contribution in [0.25, 0.3) is 0 Å². The minimum atomic E-state index is -3.13. The van der Waals surface area contributed by atoms with Crippen molar-refractivity contribution in [2.24, 2.45) is 11.1 Å². The summed E-state index contributed by atoms with van der Waals surface area (Å²) in [5, 5.41) is 0. The zero-order valence-electron chi connectivity index (χ0n) is 12.7. The van der Waals surface area contributed by atoms with E-state index in [-0.39, 0.29) is 11.5 Å². The number of hydrogen-bond acceptors (Lipinski definition) is 3. The Balaban J connectivity index is 2.32. The molecule has 20 heavy (non-hydrogen) atoms. The molecule has 0 amide bonds. The lowest BCUT2D eigenvalue weighted by molar-refractivity contribution is 0.326. The van der Waals surface area contributed by atoms with Crippen LogP contribution >= 0.6 is 0 Å². The molecule has 0 saturated heterocycles. The molecule has 0 saturated carbocycles. The molecule has 5 heteroatoms.